The summed E-state index contributed by atoms with van der Waals surface area (Å²) in [6.07, 6.45) is 2.20. The molecular formula is C5H10ClO4P. The second kappa shape index (κ2) is 3.87. The second-order valence-electron chi connectivity index (χ2n) is 2.31. The average Bonchev–Trinajstić information content (AvgIpc) is 1.82. The number of phosphoric acid groups is 1. The zero-order valence-electron chi connectivity index (χ0n) is 5.90. The maximum Gasteiger partial charge on any atom is 0.473 e. The van der Waals surface area contributed by atoms with Gasteiger partial charge in [0.2, 0.25) is 0 Å². The van der Waals surface area contributed by atoms with Gasteiger partial charge in [0.1, 0.15) is 5.56 Å². The molecule has 11 heavy (non-hydrogen) atoms. The SMILES string of the molecule is O=P1(O)OCCCCC(Cl)O1. The minimum atomic E-state index is -3.85. The first-order valence-electron chi connectivity index (χ1n) is 3.40. The van der Waals surface area contributed by atoms with Crippen molar-refractivity contribution in [1.29, 1.82) is 0 Å². The van der Waals surface area contributed by atoms with Crippen molar-refractivity contribution in [3.63, 3.8) is 0 Å². The van der Waals surface area contributed by atoms with Crippen molar-refractivity contribution in [1.82, 2.24) is 0 Å². The highest BCUT2D eigenvalue weighted by atomic mass is 35.5. The molecule has 1 saturated heterocycles. The summed E-state index contributed by atoms with van der Waals surface area (Å²) in [7, 11) is -3.85. The Hall–Kier alpha value is 0.400. The highest BCUT2D eigenvalue weighted by Gasteiger charge is 2.26. The van der Waals surface area contributed by atoms with Crippen LogP contribution in [0.15, 0.2) is 0 Å². The molecule has 4 nitrogen and oxygen atoms in total. The smallest absolute Gasteiger partial charge is 0.302 e. The van der Waals surface area contributed by atoms with Crippen LogP contribution in [-0.4, -0.2) is 17.1 Å². The summed E-state index contributed by atoms with van der Waals surface area (Å²) < 4.78 is 19.9. The summed E-state index contributed by atoms with van der Waals surface area (Å²) in [6, 6.07) is 0. The number of hydrogen-bond donors (Lipinski definition) is 1. The molecule has 0 radical (unpaired) electrons. The van der Waals surface area contributed by atoms with Crippen molar-refractivity contribution >= 4 is 19.4 Å². The molecule has 0 aromatic rings. The molecule has 1 aliphatic rings. The van der Waals surface area contributed by atoms with Crippen molar-refractivity contribution in [2.75, 3.05) is 6.61 Å². The van der Waals surface area contributed by atoms with E-state index in [1.807, 2.05) is 0 Å². The average molecular weight is 201 g/mol. The minimum Gasteiger partial charge on any atom is -0.302 e. The molecule has 0 bridgehead atoms. The van der Waals surface area contributed by atoms with E-state index in [0.29, 0.717) is 6.42 Å². The molecule has 2 unspecified atom stereocenters. The molecule has 1 rings (SSSR count). The molecule has 0 aromatic heterocycles. The Bertz CT molecular complexity index is 174. The first kappa shape index (κ1) is 9.49. The normalized spacial score (nSPS) is 41.1. The fourth-order valence-corrected chi connectivity index (χ4v) is 2.09. The summed E-state index contributed by atoms with van der Waals surface area (Å²) in [6.45, 7) is 0.261. The molecule has 1 fully saturated rings. The van der Waals surface area contributed by atoms with E-state index in [2.05, 4.69) is 9.05 Å². The first-order valence-corrected chi connectivity index (χ1v) is 5.33. The van der Waals surface area contributed by atoms with Crippen LogP contribution in [0.25, 0.3) is 0 Å². The molecule has 0 aliphatic carbocycles. The third kappa shape index (κ3) is 3.54. The highest BCUT2D eigenvalue weighted by Crippen LogP contribution is 2.47. The fourth-order valence-electron chi connectivity index (χ4n) is 0.814. The van der Waals surface area contributed by atoms with Gasteiger partial charge < -0.3 is 4.89 Å². The van der Waals surface area contributed by atoms with Crippen LogP contribution in [0.1, 0.15) is 19.3 Å². The van der Waals surface area contributed by atoms with Crippen LogP contribution < -0.4 is 0 Å². The van der Waals surface area contributed by atoms with E-state index in [-0.39, 0.29) is 6.61 Å². The zero-order chi connectivity index (χ0) is 8.32. The second-order valence-corrected chi connectivity index (χ2v) is 4.21. The van der Waals surface area contributed by atoms with Gasteiger partial charge in [-0.25, -0.2) is 4.57 Å². The highest BCUT2D eigenvalue weighted by molar-refractivity contribution is 7.47. The first-order chi connectivity index (χ1) is 5.10. The van der Waals surface area contributed by atoms with Gasteiger partial charge in [-0.05, 0) is 19.3 Å². The summed E-state index contributed by atoms with van der Waals surface area (Å²) in [5, 5.41) is 0. The third-order valence-electron chi connectivity index (χ3n) is 1.33. The van der Waals surface area contributed by atoms with Gasteiger partial charge in [0.15, 0.2) is 0 Å². The third-order valence-corrected chi connectivity index (χ3v) is 2.79. The maximum atomic E-state index is 10.8. The molecule has 0 amide bonds. The maximum absolute atomic E-state index is 10.8. The van der Waals surface area contributed by atoms with Crippen LogP contribution in [0.5, 0.6) is 0 Å². The molecule has 2 atom stereocenters. The van der Waals surface area contributed by atoms with Crippen LogP contribution in [0.4, 0.5) is 0 Å². The van der Waals surface area contributed by atoms with Gasteiger partial charge >= 0.3 is 7.82 Å². The largest absolute Gasteiger partial charge is 0.473 e. The molecule has 1 aliphatic heterocycles. The molecule has 1 N–H and O–H groups in total. The van der Waals surface area contributed by atoms with E-state index in [0.717, 1.165) is 12.8 Å². The summed E-state index contributed by atoms with van der Waals surface area (Å²) in [5.41, 5.74) is -0.703. The number of alkyl halides is 1. The topological polar surface area (TPSA) is 55.8 Å². The predicted octanol–water partition coefficient (Wildman–Crippen LogP) is 1.87. The molecular weight excluding hydrogens is 190 g/mol. The lowest BCUT2D eigenvalue weighted by Crippen LogP contribution is -2.09. The molecule has 0 aromatic carbocycles. The standard InChI is InChI=1S/C5H10ClO4P/c6-5-3-1-2-4-9-11(7,8)10-5/h5H,1-4H2,(H,7,8). The van der Waals surface area contributed by atoms with Crippen LogP contribution in [-0.2, 0) is 13.6 Å². The Kier molecular flexibility index (Phi) is 3.34. The van der Waals surface area contributed by atoms with Gasteiger partial charge in [-0.1, -0.05) is 11.6 Å². The van der Waals surface area contributed by atoms with Gasteiger partial charge in [0, 0.05) is 0 Å². The lowest BCUT2D eigenvalue weighted by molar-refractivity contribution is 0.115. The monoisotopic (exact) mass is 200 g/mol. The van der Waals surface area contributed by atoms with Crippen molar-refractivity contribution in [2.24, 2.45) is 0 Å². The summed E-state index contributed by atoms with van der Waals surface area (Å²) in [5.74, 6) is 0. The summed E-state index contributed by atoms with van der Waals surface area (Å²) >= 11 is 5.54. The fraction of sp³-hybridized carbons (Fsp3) is 1.00. The zero-order valence-corrected chi connectivity index (χ0v) is 7.55. The molecule has 6 heteroatoms. The van der Waals surface area contributed by atoms with Crippen molar-refractivity contribution in [3.05, 3.63) is 0 Å². The Morgan fingerprint density at radius 3 is 3.00 bits per heavy atom. The van der Waals surface area contributed by atoms with Crippen LogP contribution in [0.3, 0.4) is 0 Å². The predicted molar refractivity (Wildman–Crippen MR) is 40.4 cm³/mol. The molecule has 0 saturated carbocycles. The Balaban J connectivity index is 2.49. The van der Waals surface area contributed by atoms with E-state index < -0.39 is 13.4 Å². The Morgan fingerprint density at radius 2 is 2.27 bits per heavy atom. The van der Waals surface area contributed by atoms with E-state index in [1.165, 1.54) is 0 Å². The van der Waals surface area contributed by atoms with E-state index in [9.17, 15) is 4.57 Å². The van der Waals surface area contributed by atoms with Crippen LogP contribution in [0, 0.1) is 0 Å². The van der Waals surface area contributed by atoms with E-state index >= 15 is 0 Å². The molecule has 1 heterocycles. The van der Waals surface area contributed by atoms with Crippen molar-refractivity contribution < 1.29 is 18.5 Å². The van der Waals surface area contributed by atoms with Gasteiger partial charge in [0.25, 0.3) is 0 Å². The lowest BCUT2D eigenvalue weighted by Gasteiger charge is -2.18. The number of phosphoric ester groups is 1. The van der Waals surface area contributed by atoms with Crippen LogP contribution in [0.2, 0.25) is 0 Å². The van der Waals surface area contributed by atoms with E-state index in [1.54, 1.807) is 0 Å². The van der Waals surface area contributed by atoms with E-state index in [4.69, 9.17) is 16.5 Å². The minimum absolute atomic E-state index is 0.261. The van der Waals surface area contributed by atoms with Gasteiger partial charge in [-0.15, -0.1) is 0 Å². The Labute approximate surface area is 70.1 Å². The van der Waals surface area contributed by atoms with Gasteiger partial charge in [-0.2, -0.15) is 0 Å². The Morgan fingerprint density at radius 1 is 1.55 bits per heavy atom. The van der Waals surface area contributed by atoms with Gasteiger partial charge in [0.05, 0.1) is 6.61 Å². The van der Waals surface area contributed by atoms with Gasteiger partial charge in [-0.3, -0.25) is 9.05 Å². The number of halogens is 1. The summed E-state index contributed by atoms with van der Waals surface area (Å²) in [4.78, 5) is 8.88. The van der Waals surface area contributed by atoms with Crippen LogP contribution >= 0.6 is 19.4 Å². The number of rotatable bonds is 0. The molecule has 0 spiro atoms. The lowest BCUT2D eigenvalue weighted by atomic mass is 10.2. The van der Waals surface area contributed by atoms with Crippen molar-refractivity contribution in [2.45, 2.75) is 24.8 Å². The molecule has 66 valence electrons. The van der Waals surface area contributed by atoms with Crippen molar-refractivity contribution in [3.8, 4) is 0 Å². The number of hydrogen-bond acceptors (Lipinski definition) is 3. The quantitative estimate of drug-likeness (QED) is 0.479.